The highest BCUT2D eigenvalue weighted by Crippen LogP contribution is 2.32. The summed E-state index contributed by atoms with van der Waals surface area (Å²) < 4.78 is 5.78. The zero-order valence-corrected chi connectivity index (χ0v) is 19.3. The Morgan fingerprint density at radius 1 is 1.30 bits per heavy atom. The van der Waals surface area contributed by atoms with Crippen LogP contribution in [-0.4, -0.2) is 44.4 Å². The van der Waals surface area contributed by atoms with Crippen LogP contribution in [0.1, 0.15) is 31.3 Å². The van der Waals surface area contributed by atoms with Crippen LogP contribution in [0.5, 0.6) is 5.75 Å². The second kappa shape index (κ2) is 10.1. The first kappa shape index (κ1) is 22.4. The van der Waals surface area contributed by atoms with Crippen LogP contribution in [-0.2, 0) is 16.0 Å². The van der Waals surface area contributed by atoms with E-state index in [0.717, 1.165) is 22.7 Å². The molecule has 2 aromatic rings. The summed E-state index contributed by atoms with van der Waals surface area (Å²) in [6.45, 7) is 6.54. The van der Waals surface area contributed by atoms with Crippen molar-refractivity contribution in [3.05, 3.63) is 39.7 Å². The fourth-order valence-corrected chi connectivity index (χ4v) is 4.88. The molecule has 7 nitrogen and oxygen atoms in total. The predicted octanol–water partition coefficient (Wildman–Crippen LogP) is 3.98. The lowest BCUT2D eigenvalue weighted by Crippen LogP contribution is -2.36. The number of nitrogens with one attached hydrogen (secondary N) is 1. The molecule has 1 aliphatic heterocycles. The third-order valence-electron chi connectivity index (χ3n) is 3.96. The zero-order chi connectivity index (χ0) is 21.7. The lowest BCUT2D eigenvalue weighted by molar-refractivity contribution is -0.126. The highest BCUT2D eigenvalue weighted by molar-refractivity contribution is 8.26. The van der Waals surface area contributed by atoms with Gasteiger partial charge >= 0.3 is 0 Å². The van der Waals surface area contributed by atoms with Crippen molar-refractivity contribution >= 4 is 62.7 Å². The molecular formula is C20H22N4O3S3. The van der Waals surface area contributed by atoms with E-state index in [4.69, 9.17) is 17.0 Å². The summed E-state index contributed by atoms with van der Waals surface area (Å²) in [5.41, 5.74) is 0.856. The second-order valence-electron chi connectivity index (χ2n) is 6.92. The number of carbonyl (C=O) groups excluding carboxylic acids is 2. The number of thiocarbonyl (C=S) groups is 1. The molecule has 158 valence electrons. The molecule has 30 heavy (non-hydrogen) atoms. The number of carbonyl (C=O) groups is 2. The maximum absolute atomic E-state index is 12.7. The summed E-state index contributed by atoms with van der Waals surface area (Å²) in [4.78, 5) is 26.9. The Bertz CT molecular complexity index is 970. The van der Waals surface area contributed by atoms with Crippen molar-refractivity contribution in [1.29, 1.82) is 0 Å². The summed E-state index contributed by atoms with van der Waals surface area (Å²) in [7, 11) is 0. The molecule has 1 fully saturated rings. The largest absolute Gasteiger partial charge is 0.494 e. The van der Waals surface area contributed by atoms with Crippen LogP contribution in [0.3, 0.4) is 0 Å². The van der Waals surface area contributed by atoms with E-state index in [1.165, 1.54) is 28.0 Å². The van der Waals surface area contributed by atoms with Crippen molar-refractivity contribution in [2.45, 2.75) is 27.2 Å². The SMILES string of the molecule is CCOc1ccc(/C=C2\SC(=S)N(CC(=O)Nc3nnc(CC(C)C)s3)C2=O)cc1. The van der Waals surface area contributed by atoms with Gasteiger partial charge in [0, 0.05) is 6.42 Å². The molecule has 0 spiro atoms. The minimum atomic E-state index is -0.360. The van der Waals surface area contributed by atoms with Gasteiger partial charge in [-0.1, -0.05) is 61.3 Å². The maximum atomic E-state index is 12.7. The fraction of sp³-hybridized carbons (Fsp3) is 0.350. The molecule has 0 bridgehead atoms. The highest BCUT2D eigenvalue weighted by atomic mass is 32.2. The van der Waals surface area contributed by atoms with Crippen molar-refractivity contribution in [2.24, 2.45) is 5.92 Å². The van der Waals surface area contributed by atoms with E-state index in [-0.39, 0.29) is 18.4 Å². The number of anilines is 1. The number of thioether (sulfide) groups is 1. The Kier molecular flexibility index (Phi) is 7.57. The van der Waals surface area contributed by atoms with Crippen molar-refractivity contribution in [1.82, 2.24) is 15.1 Å². The van der Waals surface area contributed by atoms with Gasteiger partial charge in [0.15, 0.2) is 0 Å². The molecule has 1 aliphatic rings. The van der Waals surface area contributed by atoms with E-state index in [9.17, 15) is 9.59 Å². The van der Waals surface area contributed by atoms with E-state index >= 15 is 0 Å². The summed E-state index contributed by atoms with van der Waals surface area (Å²) in [5, 5.41) is 12.0. The number of amides is 2. The number of nitrogens with zero attached hydrogens (tertiary/aromatic N) is 3. The number of hydrogen-bond acceptors (Lipinski definition) is 8. The maximum Gasteiger partial charge on any atom is 0.266 e. The van der Waals surface area contributed by atoms with Gasteiger partial charge in [0.05, 0.1) is 11.5 Å². The van der Waals surface area contributed by atoms with Gasteiger partial charge in [0.25, 0.3) is 5.91 Å². The molecule has 2 amide bonds. The van der Waals surface area contributed by atoms with E-state index in [1.54, 1.807) is 6.08 Å². The van der Waals surface area contributed by atoms with Gasteiger partial charge in [0.2, 0.25) is 11.0 Å². The molecule has 3 rings (SSSR count). The molecule has 10 heteroatoms. The van der Waals surface area contributed by atoms with Crippen molar-refractivity contribution in [3.8, 4) is 5.75 Å². The summed E-state index contributed by atoms with van der Waals surface area (Å²) in [6.07, 6.45) is 2.56. The second-order valence-corrected chi connectivity index (χ2v) is 9.65. The third-order valence-corrected chi connectivity index (χ3v) is 6.20. The third kappa shape index (κ3) is 5.87. The monoisotopic (exact) mass is 462 g/mol. The van der Waals surface area contributed by atoms with Gasteiger partial charge in [-0.2, -0.15) is 0 Å². The van der Waals surface area contributed by atoms with E-state index in [2.05, 4.69) is 29.4 Å². The van der Waals surface area contributed by atoms with Crippen LogP contribution >= 0.6 is 35.3 Å². The molecule has 0 saturated carbocycles. The van der Waals surface area contributed by atoms with E-state index in [0.29, 0.717) is 26.9 Å². The van der Waals surface area contributed by atoms with Crippen LogP contribution in [0, 0.1) is 5.92 Å². The first-order valence-electron chi connectivity index (χ1n) is 9.46. The highest BCUT2D eigenvalue weighted by Gasteiger charge is 2.33. The van der Waals surface area contributed by atoms with Gasteiger partial charge in [0.1, 0.15) is 21.6 Å². The minimum Gasteiger partial charge on any atom is -0.494 e. The summed E-state index contributed by atoms with van der Waals surface area (Å²) in [5.74, 6) is 0.582. The van der Waals surface area contributed by atoms with E-state index < -0.39 is 0 Å². The molecule has 1 aromatic heterocycles. The van der Waals surface area contributed by atoms with Crippen LogP contribution in [0.4, 0.5) is 5.13 Å². The number of rotatable bonds is 8. The van der Waals surface area contributed by atoms with Gasteiger partial charge in [-0.05, 0) is 36.6 Å². The van der Waals surface area contributed by atoms with Gasteiger partial charge < -0.3 is 4.74 Å². The Hall–Kier alpha value is -2.30. The lowest BCUT2D eigenvalue weighted by Gasteiger charge is -2.13. The van der Waals surface area contributed by atoms with Gasteiger partial charge in [-0.25, -0.2) is 0 Å². The molecule has 0 unspecified atom stereocenters. The molecule has 1 aromatic carbocycles. The summed E-state index contributed by atoms with van der Waals surface area (Å²) >= 11 is 7.82. The van der Waals surface area contributed by atoms with Crippen LogP contribution in [0.2, 0.25) is 0 Å². The average Bonchev–Trinajstić information content (AvgIpc) is 3.22. The summed E-state index contributed by atoms with van der Waals surface area (Å²) in [6, 6.07) is 7.43. The Morgan fingerprint density at radius 2 is 2.03 bits per heavy atom. The molecule has 0 aliphatic carbocycles. The molecule has 0 radical (unpaired) electrons. The molecule has 2 heterocycles. The molecular weight excluding hydrogens is 440 g/mol. The van der Waals surface area contributed by atoms with Crippen LogP contribution in [0.25, 0.3) is 6.08 Å². The molecule has 0 atom stereocenters. The van der Waals surface area contributed by atoms with Crippen molar-refractivity contribution in [2.75, 3.05) is 18.5 Å². The van der Waals surface area contributed by atoms with E-state index in [1.807, 2.05) is 31.2 Å². The first-order valence-corrected chi connectivity index (χ1v) is 11.5. The first-order chi connectivity index (χ1) is 14.4. The van der Waals surface area contributed by atoms with Gasteiger partial charge in [-0.15, -0.1) is 10.2 Å². The number of ether oxygens (including phenoxy) is 1. The normalized spacial score (nSPS) is 15.3. The number of hydrogen-bond donors (Lipinski definition) is 1. The zero-order valence-electron chi connectivity index (χ0n) is 16.9. The molecule has 1 N–H and O–H groups in total. The Labute approximate surface area is 188 Å². The van der Waals surface area contributed by atoms with Crippen LogP contribution in [0.15, 0.2) is 29.2 Å². The Balaban J connectivity index is 1.61. The quantitative estimate of drug-likeness (QED) is 0.469. The fourth-order valence-electron chi connectivity index (χ4n) is 2.65. The Morgan fingerprint density at radius 3 is 2.70 bits per heavy atom. The standard InChI is InChI=1S/C20H22N4O3S3/c1-4-27-14-7-5-13(6-8-14)10-15-18(26)24(20(28)29-15)11-16(25)21-19-23-22-17(30-19)9-12(2)3/h5-8,10,12H,4,9,11H2,1-3H3,(H,21,23,25)/b15-10-. The smallest absolute Gasteiger partial charge is 0.266 e. The lowest BCUT2D eigenvalue weighted by atomic mass is 10.1. The topological polar surface area (TPSA) is 84.4 Å². The number of aromatic nitrogens is 2. The van der Waals surface area contributed by atoms with Crippen LogP contribution < -0.4 is 10.1 Å². The minimum absolute atomic E-state index is 0.162. The van der Waals surface area contributed by atoms with Crippen molar-refractivity contribution < 1.29 is 14.3 Å². The van der Waals surface area contributed by atoms with Crippen molar-refractivity contribution in [3.63, 3.8) is 0 Å². The number of benzene rings is 1. The van der Waals surface area contributed by atoms with Gasteiger partial charge in [-0.3, -0.25) is 19.8 Å². The molecule has 1 saturated heterocycles. The predicted molar refractivity (Wildman–Crippen MR) is 125 cm³/mol. The average molecular weight is 463 g/mol.